The van der Waals surface area contributed by atoms with E-state index in [0.29, 0.717) is 35.8 Å². The molecule has 0 N–H and O–H groups in total. The van der Waals surface area contributed by atoms with Crippen LogP contribution >= 0.6 is 0 Å². The summed E-state index contributed by atoms with van der Waals surface area (Å²) in [6, 6.07) is 20.7. The molecule has 0 aliphatic rings. The molecule has 6 heteroatoms. The number of furan rings is 1. The second kappa shape index (κ2) is 8.50. The van der Waals surface area contributed by atoms with Crippen molar-refractivity contribution in [1.29, 1.82) is 5.26 Å². The number of imidazole rings is 1. The van der Waals surface area contributed by atoms with E-state index in [1.165, 1.54) is 0 Å². The molecule has 2 aromatic heterocycles. The molecule has 2 aromatic carbocycles. The Labute approximate surface area is 173 Å². The quantitative estimate of drug-likeness (QED) is 0.335. The first-order chi connectivity index (χ1) is 14.7. The number of para-hydroxylation sites is 2. The number of allylic oxidation sites excluding steroid dienone is 1. The van der Waals surface area contributed by atoms with E-state index < -0.39 is 0 Å². The topological polar surface area (TPSA) is 81.0 Å². The van der Waals surface area contributed by atoms with Crippen LogP contribution < -0.4 is 0 Å². The van der Waals surface area contributed by atoms with Crippen molar-refractivity contribution in [2.75, 3.05) is 6.61 Å². The van der Waals surface area contributed by atoms with Gasteiger partial charge in [-0.1, -0.05) is 24.3 Å². The number of hydrogen-bond acceptors (Lipinski definition) is 5. The molecule has 6 nitrogen and oxygen atoms in total. The summed E-state index contributed by atoms with van der Waals surface area (Å²) in [5, 5.41) is 9.58. The molecule has 0 aliphatic heterocycles. The molecule has 0 unspecified atom stereocenters. The van der Waals surface area contributed by atoms with E-state index in [1.54, 1.807) is 43.6 Å². The molecular formula is C24H19N3O3. The van der Waals surface area contributed by atoms with Gasteiger partial charge in [0.25, 0.3) is 0 Å². The van der Waals surface area contributed by atoms with Gasteiger partial charge >= 0.3 is 5.97 Å². The average Bonchev–Trinajstić information content (AvgIpc) is 3.41. The van der Waals surface area contributed by atoms with Crippen LogP contribution in [0.25, 0.3) is 28.4 Å². The number of nitriles is 1. The van der Waals surface area contributed by atoms with Gasteiger partial charge in [-0.2, -0.15) is 5.26 Å². The van der Waals surface area contributed by atoms with Crippen molar-refractivity contribution in [2.45, 2.75) is 13.5 Å². The van der Waals surface area contributed by atoms with Crippen molar-refractivity contribution < 1.29 is 13.9 Å². The van der Waals surface area contributed by atoms with Crippen LogP contribution in [0.5, 0.6) is 0 Å². The summed E-state index contributed by atoms with van der Waals surface area (Å²) in [7, 11) is 0. The number of nitrogens with zero attached hydrogens (tertiary/aromatic N) is 3. The van der Waals surface area contributed by atoms with Gasteiger partial charge in [-0.05, 0) is 49.4 Å². The van der Waals surface area contributed by atoms with Crippen molar-refractivity contribution in [2.24, 2.45) is 0 Å². The molecule has 0 saturated carbocycles. The van der Waals surface area contributed by atoms with E-state index >= 15 is 0 Å². The van der Waals surface area contributed by atoms with Gasteiger partial charge in [0.2, 0.25) is 0 Å². The maximum absolute atomic E-state index is 12.0. The summed E-state index contributed by atoms with van der Waals surface area (Å²) in [5.41, 5.74) is 3.62. The number of esters is 1. The lowest BCUT2D eigenvalue weighted by atomic mass is 10.1. The van der Waals surface area contributed by atoms with E-state index in [2.05, 4.69) is 11.1 Å². The molecule has 0 saturated heterocycles. The minimum absolute atomic E-state index is 0.321. The first-order valence-corrected chi connectivity index (χ1v) is 9.56. The third kappa shape index (κ3) is 4.01. The summed E-state index contributed by atoms with van der Waals surface area (Å²) in [6.45, 7) is 2.49. The van der Waals surface area contributed by atoms with Gasteiger partial charge in [0.05, 0.1) is 47.7 Å². The fourth-order valence-corrected chi connectivity index (χ4v) is 3.20. The number of benzene rings is 2. The van der Waals surface area contributed by atoms with Gasteiger partial charge in [0, 0.05) is 5.56 Å². The Balaban J connectivity index is 1.57. The molecule has 0 atom stereocenters. The van der Waals surface area contributed by atoms with E-state index in [-0.39, 0.29) is 5.97 Å². The van der Waals surface area contributed by atoms with Crippen molar-refractivity contribution in [3.63, 3.8) is 0 Å². The molecule has 30 heavy (non-hydrogen) atoms. The average molecular weight is 397 g/mol. The Hall–Kier alpha value is -4.11. The van der Waals surface area contributed by atoms with Crippen LogP contribution in [0.1, 0.15) is 23.0 Å². The van der Waals surface area contributed by atoms with E-state index in [9.17, 15) is 10.1 Å². The van der Waals surface area contributed by atoms with Crippen LogP contribution in [0.4, 0.5) is 0 Å². The monoisotopic (exact) mass is 397 g/mol. The highest BCUT2D eigenvalue weighted by atomic mass is 16.5. The first-order valence-electron chi connectivity index (χ1n) is 9.56. The number of carbonyl (C=O) groups is 1. The lowest BCUT2D eigenvalue weighted by Gasteiger charge is -2.04. The van der Waals surface area contributed by atoms with Crippen LogP contribution in [0.3, 0.4) is 0 Å². The second-order valence-corrected chi connectivity index (χ2v) is 6.65. The Morgan fingerprint density at radius 2 is 2.07 bits per heavy atom. The van der Waals surface area contributed by atoms with Crippen molar-refractivity contribution in [3.05, 3.63) is 83.9 Å². The molecule has 148 valence electrons. The van der Waals surface area contributed by atoms with Gasteiger partial charge in [-0.15, -0.1) is 0 Å². The van der Waals surface area contributed by atoms with Gasteiger partial charge in [-0.25, -0.2) is 9.78 Å². The van der Waals surface area contributed by atoms with Gasteiger partial charge in [0.15, 0.2) is 0 Å². The van der Waals surface area contributed by atoms with E-state index in [4.69, 9.17) is 9.15 Å². The van der Waals surface area contributed by atoms with Crippen LogP contribution in [0.2, 0.25) is 0 Å². The molecule has 4 aromatic rings. The number of fused-ring (bicyclic) bond motifs is 1. The summed E-state index contributed by atoms with van der Waals surface area (Å²) in [4.78, 5) is 16.3. The fourth-order valence-electron chi connectivity index (χ4n) is 3.20. The van der Waals surface area contributed by atoms with Gasteiger partial charge < -0.3 is 13.7 Å². The van der Waals surface area contributed by atoms with Crippen LogP contribution in [0, 0.1) is 11.3 Å². The minimum atomic E-state index is -0.370. The zero-order valence-electron chi connectivity index (χ0n) is 16.4. The number of rotatable bonds is 6. The van der Waals surface area contributed by atoms with Crippen LogP contribution in [-0.2, 0) is 11.3 Å². The molecule has 0 aliphatic carbocycles. The van der Waals surface area contributed by atoms with Gasteiger partial charge in [0.1, 0.15) is 11.5 Å². The lowest BCUT2D eigenvalue weighted by Crippen LogP contribution is -2.04. The molecule has 0 bridgehead atoms. The maximum atomic E-state index is 12.0. The lowest BCUT2D eigenvalue weighted by molar-refractivity contribution is 0.0526. The fraction of sp³-hybridized carbons (Fsp3) is 0.125. The van der Waals surface area contributed by atoms with Crippen LogP contribution in [-0.4, -0.2) is 22.1 Å². The highest BCUT2D eigenvalue weighted by Gasteiger charge is 2.11. The largest absolute Gasteiger partial charge is 0.462 e. The normalized spacial score (nSPS) is 11.4. The van der Waals surface area contributed by atoms with Crippen molar-refractivity contribution in [1.82, 2.24) is 9.55 Å². The summed E-state index contributed by atoms with van der Waals surface area (Å²) in [6.07, 6.45) is 3.44. The maximum Gasteiger partial charge on any atom is 0.338 e. The SMILES string of the molecule is CCOC(=O)c1cccc(-c2ccc(/C=C(/C#N)Cn3cnc4ccccc43)o2)c1. The second-order valence-electron chi connectivity index (χ2n) is 6.65. The molecule has 0 amide bonds. The third-order valence-electron chi connectivity index (χ3n) is 4.61. The number of hydrogen-bond donors (Lipinski definition) is 0. The zero-order chi connectivity index (χ0) is 20.9. The van der Waals surface area contributed by atoms with Crippen molar-refractivity contribution in [3.8, 4) is 17.4 Å². The summed E-state index contributed by atoms with van der Waals surface area (Å²) >= 11 is 0. The number of aromatic nitrogens is 2. The molecule has 4 rings (SSSR count). The molecule has 2 heterocycles. The number of carbonyl (C=O) groups excluding carboxylic acids is 1. The Kier molecular flexibility index (Phi) is 5.44. The minimum Gasteiger partial charge on any atom is -0.462 e. The summed E-state index contributed by atoms with van der Waals surface area (Å²) in [5.74, 6) is 0.802. The molecule has 0 spiro atoms. The highest BCUT2D eigenvalue weighted by Crippen LogP contribution is 2.25. The standard InChI is InChI=1S/C24H19N3O3/c1-2-29-24(28)19-7-5-6-18(13-19)23-11-10-20(30-23)12-17(14-25)15-27-16-26-21-8-3-4-9-22(21)27/h3-13,16H,2,15H2,1H3/b17-12-. The summed E-state index contributed by atoms with van der Waals surface area (Å²) < 4.78 is 12.9. The molecule has 0 radical (unpaired) electrons. The van der Waals surface area contributed by atoms with E-state index in [0.717, 1.165) is 16.6 Å². The molecular weight excluding hydrogens is 378 g/mol. The highest BCUT2D eigenvalue weighted by molar-refractivity contribution is 5.90. The Morgan fingerprint density at radius 1 is 1.20 bits per heavy atom. The predicted octanol–water partition coefficient (Wildman–Crippen LogP) is 5.08. The number of ether oxygens (including phenoxy) is 1. The van der Waals surface area contributed by atoms with E-state index in [1.807, 2.05) is 41.0 Å². The third-order valence-corrected chi connectivity index (χ3v) is 4.61. The van der Waals surface area contributed by atoms with Crippen molar-refractivity contribution >= 4 is 23.1 Å². The molecule has 0 fully saturated rings. The van der Waals surface area contributed by atoms with Gasteiger partial charge in [-0.3, -0.25) is 0 Å². The smallest absolute Gasteiger partial charge is 0.338 e. The first kappa shape index (κ1) is 19.2. The Morgan fingerprint density at radius 3 is 2.90 bits per heavy atom. The Bertz CT molecular complexity index is 1270. The zero-order valence-corrected chi connectivity index (χ0v) is 16.4. The van der Waals surface area contributed by atoms with Crippen LogP contribution in [0.15, 0.2) is 77.0 Å². The predicted molar refractivity (Wildman–Crippen MR) is 113 cm³/mol.